The molecular weight excluding hydrogens is 438 g/mol. The van der Waals surface area contributed by atoms with Crippen LogP contribution in [0.15, 0.2) is 30.3 Å². The minimum atomic E-state index is -0.980. The number of amides is 1. The standard InChI is InChI=1S/C9H11NO2.C6H11NO3S.C6H13NO2/c10-8(9(11)12)6-7-4-2-1-3-5-7;1-11-3-2-5(6(9)10)7-4-8;1-4(2)3-5(7)6(8)9/h1-5,8H,6,10H2,(H,11,12);4-5H,2-3H2,1H3,(H,7,8)(H,9,10);4-5H,3,7H2,1-2H3,(H,8,9)/t8-;2*5-/m000/s1. The van der Waals surface area contributed by atoms with Crippen molar-refractivity contribution in [1.29, 1.82) is 0 Å². The van der Waals surface area contributed by atoms with E-state index in [0.717, 1.165) is 11.3 Å². The Morgan fingerprint density at radius 1 is 1.00 bits per heavy atom. The van der Waals surface area contributed by atoms with E-state index in [0.29, 0.717) is 31.6 Å². The first-order chi connectivity index (χ1) is 15.0. The molecule has 3 atom stereocenters. The van der Waals surface area contributed by atoms with Crippen LogP contribution in [0, 0.1) is 5.92 Å². The smallest absolute Gasteiger partial charge is 0.326 e. The summed E-state index contributed by atoms with van der Waals surface area (Å²) in [6, 6.07) is 7.12. The molecule has 182 valence electrons. The molecule has 0 saturated carbocycles. The van der Waals surface area contributed by atoms with Crippen molar-refractivity contribution in [2.45, 2.75) is 51.2 Å². The van der Waals surface area contributed by atoms with E-state index in [1.807, 2.05) is 50.4 Å². The van der Waals surface area contributed by atoms with Gasteiger partial charge in [-0.25, -0.2) is 4.79 Å². The second-order valence-electron chi connectivity index (χ2n) is 7.17. The lowest BCUT2D eigenvalue weighted by Gasteiger charge is -2.08. The van der Waals surface area contributed by atoms with Crippen LogP contribution in [0.2, 0.25) is 0 Å². The first-order valence-electron chi connectivity index (χ1n) is 9.88. The summed E-state index contributed by atoms with van der Waals surface area (Å²) in [5, 5.41) is 27.5. The quantitative estimate of drug-likeness (QED) is 0.239. The number of carbonyl (C=O) groups excluding carboxylic acids is 1. The van der Waals surface area contributed by atoms with E-state index in [9.17, 15) is 19.2 Å². The van der Waals surface area contributed by atoms with Gasteiger partial charge >= 0.3 is 17.9 Å². The maximum absolute atomic E-state index is 10.4. The number of thioether (sulfide) groups is 1. The summed E-state index contributed by atoms with van der Waals surface area (Å²) in [7, 11) is 0. The highest BCUT2D eigenvalue weighted by molar-refractivity contribution is 7.98. The van der Waals surface area contributed by atoms with E-state index < -0.39 is 36.0 Å². The number of benzene rings is 1. The largest absolute Gasteiger partial charge is 0.480 e. The van der Waals surface area contributed by atoms with Crippen LogP contribution in [0.3, 0.4) is 0 Å². The number of nitrogens with two attached hydrogens (primary N) is 2. The Labute approximate surface area is 192 Å². The maximum atomic E-state index is 10.4. The predicted molar refractivity (Wildman–Crippen MR) is 124 cm³/mol. The second kappa shape index (κ2) is 19.1. The molecule has 0 radical (unpaired) electrons. The van der Waals surface area contributed by atoms with Crippen LogP contribution in [0.4, 0.5) is 0 Å². The number of rotatable bonds is 12. The van der Waals surface area contributed by atoms with Gasteiger partial charge in [-0.1, -0.05) is 44.2 Å². The number of nitrogens with one attached hydrogen (secondary N) is 1. The lowest BCUT2D eigenvalue weighted by molar-refractivity contribution is -0.140. The highest BCUT2D eigenvalue weighted by atomic mass is 32.2. The SMILES string of the molecule is CC(C)C[C@H](N)C(=O)O.CSCC[C@H](NC=O)C(=O)O.N[C@@H](Cc1ccccc1)C(=O)O. The minimum absolute atomic E-state index is 0.357. The molecule has 0 unspecified atom stereocenters. The Morgan fingerprint density at radius 3 is 1.88 bits per heavy atom. The van der Waals surface area contributed by atoms with Crippen molar-refractivity contribution in [3.63, 3.8) is 0 Å². The van der Waals surface area contributed by atoms with Gasteiger partial charge in [0, 0.05) is 0 Å². The summed E-state index contributed by atoms with van der Waals surface area (Å²) in [5.74, 6) is -1.76. The van der Waals surface area contributed by atoms with E-state index in [1.165, 1.54) is 0 Å². The fourth-order valence-electron chi connectivity index (χ4n) is 2.16. The highest BCUT2D eigenvalue weighted by Gasteiger charge is 2.14. The molecule has 1 amide bonds. The Balaban J connectivity index is 0. The molecule has 1 aromatic rings. The van der Waals surface area contributed by atoms with Crippen LogP contribution < -0.4 is 16.8 Å². The van der Waals surface area contributed by atoms with Crippen molar-refractivity contribution in [2.24, 2.45) is 17.4 Å². The fourth-order valence-corrected chi connectivity index (χ4v) is 2.63. The number of carboxylic acid groups (broad SMARTS) is 3. The van der Waals surface area contributed by atoms with E-state index in [4.69, 9.17) is 26.8 Å². The fraction of sp³-hybridized carbons (Fsp3) is 0.524. The van der Waals surface area contributed by atoms with Crippen molar-refractivity contribution in [2.75, 3.05) is 12.0 Å². The molecule has 1 aromatic carbocycles. The highest BCUT2D eigenvalue weighted by Crippen LogP contribution is 2.02. The molecule has 0 aliphatic rings. The van der Waals surface area contributed by atoms with Gasteiger partial charge in [-0.3, -0.25) is 14.4 Å². The van der Waals surface area contributed by atoms with Gasteiger partial charge in [0.05, 0.1) is 0 Å². The molecule has 8 N–H and O–H groups in total. The molecule has 0 bridgehead atoms. The van der Waals surface area contributed by atoms with Crippen LogP contribution in [-0.4, -0.2) is 69.8 Å². The van der Waals surface area contributed by atoms with Crippen LogP contribution in [0.1, 0.15) is 32.3 Å². The summed E-state index contributed by atoms with van der Waals surface area (Å²) < 4.78 is 0. The van der Waals surface area contributed by atoms with Gasteiger partial charge in [-0.2, -0.15) is 11.8 Å². The van der Waals surface area contributed by atoms with Gasteiger partial charge in [0.2, 0.25) is 6.41 Å². The molecule has 0 aromatic heterocycles. The van der Waals surface area contributed by atoms with Crippen molar-refractivity contribution in [3.05, 3.63) is 35.9 Å². The summed E-state index contributed by atoms with van der Waals surface area (Å²) in [5.41, 5.74) is 11.5. The maximum Gasteiger partial charge on any atom is 0.326 e. The van der Waals surface area contributed by atoms with Crippen molar-refractivity contribution in [3.8, 4) is 0 Å². The summed E-state index contributed by atoms with van der Waals surface area (Å²) in [4.78, 5) is 40.8. The van der Waals surface area contributed by atoms with Gasteiger partial charge in [0.1, 0.15) is 18.1 Å². The van der Waals surface area contributed by atoms with E-state index in [2.05, 4.69) is 5.32 Å². The zero-order chi connectivity index (χ0) is 25.1. The van der Waals surface area contributed by atoms with Gasteiger partial charge in [-0.05, 0) is 42.8 Å². The Bertz CT molecular complexity index is 675. The topological polar surface area (TPSA) is 193 Å². The molecule has 0 aliphatic heterocycles. The molecule has 1 rings (SSSR count). The molecule has 0 saturated heterocycles. The first kappa shape index (κ1) is 31.6. The number of aliphatic carboxylic acids is 3. The van der Waals surface area contributed by atoms with E-state index >= 15 is 0 Å². The molecule has 0 fully saturated rings. The van der Waals surface area contributed by atoms with Crippen molar-refractivity contribution < 1.29 is 34.5 Å². The lowest BCUT2D eigenvalue weighted by atomic mass is 10.1. The molecular formula is C21H35N3O7S. The normalized spacial score (nSPS) is 12.7. The lowest BCUT2D eigenvalue weighted by Crippen LogP contribution is -2.36. The molecule has 11 heteroatoms. The van der Waals surface area contributed by atoms with Crippen molar-refractivity contribution in [1.82, 2.24) is 5.32 Å². The number of hydrogen-bond acceptors (Lipinski definition) is 7. The third kappa shape index (κ3) is 18.2. The number of carboxylic acids is 3. The second-order valence-corrected chi connectivity index (χ2v) is 8.15. The van der Waals surface area contributed by atoms with Gasteiger partial charge in [0.25, 0.3) is 0 Å². The molecule has 0 heterocycles. The van der Waals surface area contributed by atoms with Gasteiger partial charge in [0.15, 0.2) is 0 Å². The summed E-state index contributed by atoms with van der Waals surface area (Å²) >= 11 is 1.55. The van der Waals surface area contributed by atoms with Crippen molar-refractivity contribution >= 4 is 36.1 Å². The third-order valence-electron chi connectivity index (χ3n) is 3.84. The zero-order valence-electron chi connectivity index (χ0n) is 18.6. The third-order valence-corrected chi connectivity index (χ3v) is 4.48. The van der Waals surface area contributed by atoms with Gasteiger partial charge < -0.3 is 32.1 Å². The molecule has 0 spiro atoms. The summed E-state index contributed by atoms with van der Waals surface area (Å²) in [6.45, 7) is 3.89. The number of hydrogen-bond donors (Lipinski definition) is 6. The Kier molecular flexibility index (Phi) is 18.8. The number of carbonyl (C=O) groups is 4. The molecule has 10 nitrogen and oxygen atoms in total. The minimum Gasteiger partial charge on any atom is -0.480 e. The Morgan fingerprint density at radius 2 is 1.53 bits per heavy atom. The average Bonchev–Trinajstić information content (AvgIpc) is 2.72. The zero-order valence-corrected chi connectivity index (χ0v) is 19.5. The molecule has 0 aliphatic carbocycles. The monoisotopic (exact) mass is 473 g/mol. The van der Waals surface area contributed by atoms with Crippen LogP contribution in [-0.2, 0) is 25.6 Å². The van der Waals surface area contributed by atoms with Crippen LogP contribution in [0.25, 0.3) is 0 Å². The van der Waals surface area contributed by atoms with Crippen LogP contribution in [0.5, 0.6) is 0 Å². The van der Waals surface area contributed by atoms with E-state index in [1.54, 1.807) is 11.8 Å². The Hall–Kier alpha value is -2.63. The molecule has 32 heavy (non-hydrogen) atoms. The van der Waals surface area contributed by atoms with E-state index in [-0.39, 0.29) is 0 Å². The van der Waals surface area contributed by atoms with Gasteiger partial charge in [-0.15, -0.1) is 0 Å². The predicted octanol–water partition coefficient (Wildman–Crippen LogP) is 1.02. The summed E-state index contributed by atoms with van der Waals surface area (Å²) in [6.07, 6.45) is 3.71. The first-order valence-corrected chi connectivity index (χ1v) is 11.3. The average molecular weight is 474 g/mol. The van der Waals surface area contributed by atoms with Crippen LogP contribution >= 0.6 is 11.8 Å².